The molecule has 35 heavy (non-hydrogen) atoms. The van der Waals surface area contributed by atoms with E-state index in [1.165, 1.54) is 16.0 Å². The van der Waals surface area contributed by atoms with Gasteiger partial charge in [-0.15, -0.1) is 11.3 Å². The summed E-state index contributed by atoms with van der Waals surface area (Å²) < 4.78 is 8.03. The molecule has 7 nitrogen and oxygen atoms in total. The van der Waals surface area contributed by atoms with E-state index in [1.54, 1.807) is 11.3 Å². The topological polar surface area (TPSA) is 68.1 Å². The first-order valence-corrected chi connectivity index (χ1v) is 13.2. The third kappa shape index (κ3) is 5.82. The van der Waals surface area contributed by atoms with E-state index in [9.17, 15) is 0 Å². The molecule has 0 saturated carbocycles. The first-order valence-electron chi connectivity index (χ1n) is 12.4. The minimum atomic E-state index is 0.140. The molecule has 0 spiro atoms. The first-order chi connectivity index (χ1) is 16.9. The third-order valence-corrected chi connectivity index (χ3v) is 7.29. The molecular weight excluding hydrogens is 456 g/mol. The van der Waals surface area contributed by atoms with Crippen LogP contribution in [0, 0.1) is 13.8 Å². The molecule has 0 atom stereocenters. The molecule has 0 bridgehead atoms. The van der Waals surface area contributed by atoms with Crippen LogP contribution in [0.2, 0.25) is 0 Å². The molecule has 1 aliphatic heterocycles. The number of hydrogen-bond acceptors (Lipinski definition) is 7. The van der Waals surface area contributed by atoms with Crippen molar-refractivity contribution in [2.75, 3.05) is 18.4 Å². The summed E-state index contributed by atoms with van der Waals surface area (Å²) in [5.74, 6) is 2.76. The molecule has 1 aliphatic rings. The first kappa shape index (κ1) is 23.8. The Morgan fingerprint density at radius 1 is 1.11 bits per heavy atom. The van der Waals surface area contributed by atoms with Gasteiger partial charge in [0.1, 0.15) is 22.2 Å². The maximum absolute atomic E-state index is 6.08. The summed E-state index contributed by atoms with van der Waals surface area (Å²) in [6.07, 6.45) is 6.15. The zero-order valence-electron chi connectivity index (χ0n) is 21.0. The van der Waals surface area contributed by atoms with Crippen molar-refractivity contribution in [3.63, 3.8) is 0 Å². The molecule has 1 saturated heterocycles. The fourth-order valence-electron chi connectivity index (χ4n) is 4.74. The molecule has 1 fully saturated rings. The lowest BCUT2D eigenvalue weighted by molar-refractivity contribution is 0.210. The van der Waals surface area contributed by atoms with Crippen molar-refractivity contribution in [2.45, 2.75) is 65.8 Å². The highest BCUT2D eigenvalue weighted by Gasteiger charge is 2.21. The second kappa shape index (κ2) is 10.3. The highest BCUT2D eigenvalue weighted by molar-refractivity contribution is 7.18. The summed E-state index contributed by atoms with van der Waals surface area (Å²) in [6, 6.07) is 11.2. The lowest BCUT2D eigenvalue weighted by Gasteiger charge is -2.33. The molecule has 1 N–H and O–H groups in total. The molecule has 0 aliphatic carbocycles. The lowest BCUT2D eigenvalue weighted by atomic mass is 10.0. The Bertz CT molecular complexity index is 1270. The largest absolute Gasteiger partial charge is 0.491 e. The molecule has 1 aromatic carbocycles. The van der Waals surface area contributed by atoms with E-state index in [2.05, 4.69) is 65.3 Å². The van der Waals surface area contributed by atoms with Crippen LogP contribution in [0.15, 0.2) is 42.7 Å². The fraction of sp³-hybridized carbons (Fsp3) is 0.444. The van der Waals surface area contributed by atoms with Gasteiger partial charge in [0.2, 0.25) is 0 Å². The standard InChI is InChI=1S/C27H34N6OS/c1-18(2)34-25-7-6-21(15-22(25)17-33-11-5-10-28-33)16-32-12-8-23(9-13-32)31-26-24-14-19(3)35-27(24)30-20(4)29-26/h5-7,10-11,14-15,18,23H,8-9,12-13,16-17H2,1-4H3,(H,29,30,31). The molecule has 5 rings (SSSR count). The Balaban J connectivity index is 1.22. The van der Waals surface area contributed by atoms with Gasteiger partial charge in [0.25, 0.3) is 0 Å². The van der Waals surface area contributed by atoms with Gasteiger partial charge in [-0.3, -0.25) is 9.58 Å². The highest BCUT2D eigenvalue weighted by Crippen LogP contribution is 2.30. The van der Waals surface area contributed by atoms with Crippen LogP contribution in [-0.4, -0.2) is 49.9 Å². The Morgan fingerprint density at radius 2 is 1.94 bits per heavy atom. The quantitative estimate of drug-likeness (QED) is 0.356. The van der Waals surface area contributed by atoms with Gasteiger partial charge < -0.3 is 10.1 Å². The van der Waals surface area contributed by atoms with Gasteiger partial charge >= 0.3 is 0 Å². The Labute approximate surface area is 211 Å². The van der Waals surface area contributed by atoms with Crippen LogP contribution in [0.25, 0.3) is 10.2 Å². The Morgan fingerprint density at radius 3 is 2.69 bits per heavy atom. The number of likely N-dealkylation sites (tertiary alicyclic amines) is 1. The summed E-state index contributed by atoms with van der Waals surface area (Å²) >= 11 is 1.74. The molecule has 8 heteroatoms. The molecule has 0 unspecified atom stereocenters. The van der Waals surface area contributed by atoms with Gasteiger partial charge in [-0.05, 0) is 70.4 Å². The number of aromatic nitrogens is 4. The number of anilines is 1. The fourth-order valence-corrected chi connectivity index (χ4v) is 5.66. The molecule has 0 radical (unpaired) electrons. The average molecular weight is 491 g/mol. The normalized spacial score (nSPS) is 15.2. The summed E-state index contributed by atoms with van der Waals surface area (Å²) in [6.45, 7) is 12.0. The number of thiophene rings is 1. The van der Waals surface area contributed by atoms with Crippen LogP contribution >= 0.6 is 11.3 Å². The van der Waals surface area contributed by atoms with Crippen molar-refractivity contribution in [3.8, 4) is 5.75 Å². The van der Waals surface area contributed by atoms with Crippen molar-refractivity contribution in [3.05, 3.63) is 64.6 Å². The second-order valence-electron chi connectivity index (χ2n) is 9.70. The predicted molar refractivity (Wildman–Crippen MR) is 142 cm³/mol. The SMILES string of the molecule is Cc1nc(NC2CCN(Cc3ccc(OC(C)C)c(Cn4cccn4)c3)CC2)c2cc(C)sc2n1. The number of nitrogens with one attached hydrogen (secondary N) is 1. The van der Waals surface area contributed by atoms with E-state index in [4.69, 9.17) is 9.72 Å². The Hall–Kier alpha value is -2.97. The average Bonchev–Trinajstić information content (AvgIpc) is 3.45. The van der Waals surface area contributed by atoms with E-state index in [0.717, 1.165) is 60.1 Å². The van der Waals surface area contributed by atoms with Crippen LogP contribution in [0.3, 0.4) is 0 Å². The summed E-state index contributed by atoms with van der Waals surface area (Å²) in [7, 11) is 0. The van der Waals surface area contributed by atoms with Crippen LogP contribution in [0.1, 0.15) is 48.5 Å². The molecule has 184 valence electrons. The van der Waals surface area contributed by atoms with Crippen molar-refractivity contribution in [1.29, 1.82) is 0 Å². The second-order valence-corrected chi connectivity index (χ2v) is 10.9. The van der Waals surface area contributed by atoms with Gasteiger partial charge in [0.05, 0.1) is 18.0 Å². The molecule has 4 heterocycles. The maximum atomic E-state index is 6.08. The minimum absolute atomic E-state index is 0.140. The lowest BCUT2D eigenvalue weighted by Crippen LogP contribution is -2.38. The molecule has 0 amide bonds. The number of nitrogens with zero attached hydrogens (tertiary/aromatic N) is 5. The number of aryl methyl sites for hydroxylation is 2. The summed E-state index contributed by atoms with van der Waals surface area (Å²) in [5.41, 5.74) is 2.49. The number of benzene rings is 1. The summed E-state index contributed by atoms with van der Waals surface area (Å²) in [4.78, 5) is 14.2. The van der Waals surface area contributed by atoms with E-state index < -0.39 is 0 Å². The van der Waals surface area contributed by atoms with Gasteiger partial charge in [-0.1, -0.05) is 6.07 Å². The summed E-state index contributed by atoms with van der Waals surface area (Å²) in [5, 5.41) is 9.25. The third-order valence-electron chi connectivity index (χ3n) is 6.34. The minimum Gasteiger partial charge on any atom is -0.491 e. The van der Waals surface area contributed by atoms with E-state index in [0.29, 0.717) is 12.6 Å². The van der Waals surface area contributed by atoms with Crippen molar-refractivity contribution in [2.24, 2.45) is 0 Å². The van der Waals surface area contributed by atoms with Gasteiger partial charge in [-0.2, -0.15) is 5.10 Å². The Kier molecular flexibility index (Phi) is 7.02. The number of ether oxygens (including phenoxy) is 1. The number of fused-ring (bicyclic) bond motifs is 1. The van der Waals surface area contributed by atoms with Gasteiger partial charge in [0.15, 0.2) is 0 Å². The smallest absolute Gasteiger partial charge is 0.138 e. The van der Waals surface area contributed by atoms with E-state index in [1.807, 2.05) is 30.1 Å². The number of rotatable bonds is 8. The van der Waals surface area contributed by atoms with Crippen molar-refractivity contribution in [1.82, 2.24) is 24.6 Å². The molecule has 3 aromatic heterocycles. The maximum Gasteiger partial charge on any atom is 0.138 e. The monoisotopic (exact) mass is 490 g/mol. The number of hydrogen-bond donors (Lipinski definition) is 1. The van der Waals surface area contributed by atoms with Gasteiger partial charge in [-0.25, -0.2) is 9.97 Å². The van der Waals surface area contributed by atoms with Crippen LogP contribution in [0.5, 0.6) is 5.75 Å². The van der Waals surface area contributed by atoms with Crippen LogP contribution < -0.4 is 10.1 Å². The number of piperidine rings is 1. The van der Waals surface area contributed by atoms with Crippen molar-refractivity contribution >= 4 is 27.4 Å². The van der Waals surface area contributed by atoms with E-state index >= 15 is 0 Å². The molecule has 4 aromatic rings. The molecular formula is C27H34N6OS. The zero-order chi connectivity index (χ0) is 24.4. The van der Waals surface area contributed by atoms with Crippen LogP contribution in [-0.2, 0) is 13.1 Å². The zero-order valence-corrected chi connectivity index (χ0v) is 21.8. The van der Waals surface area contributed by atoms with Crippen LogP contribution in [0.4, 0.5) is 5.82 Å². The van der Waals surface area contributed by atoms with E-state index in [-0.39, 0.29) is 6.10 Å². The highest BCUT2D eigenvalue weighted by atomic mass is 32.1. The van der Waals surface area contributed by atoms with Gasteiger partial charge in [0, 0.05) is 48.5 Å². The van der Waals surface area contributed by atoms with Crippen molar-refractivity contribution < 1.29 is 4.74 Å². The predicted octanol–water partition coefficient (Wildman–Crippen LogP) is 5.42.